The Bertz CT molecular complexity index is 381. The van der Waals surface area contributed by atoms with Crippen LogP contribution in [0.3, 0.4) is 0 Å². The molecule has 0 saturated carbocycles. The van der Waals surface area contributed by atoms with Crippen molar-refractivity contribution < 1.29 is 23.0 Å². The summed E-state index contributed by atoms with van der Waals surface area (Å²) in [7, 11) is 0. The van der Waals surface area contributed by atoms with Crippen molar-refractivity contribution >= 4 is 17.3 Å². The average molecular weight is 265 g/mol. The molecule has 0 saturated heterocycles. The predicted molar refractivity (Wildman–Crippen MR) is 58.1 cm³/mol. The van der Waals surface area contributed by atoms with Crippen LogP contribution in [0, 0.1) is 6.92 Å². The minimum absolute atomic E-state index is 0.105. The number of aromatic nitrogens is 1. The van der Waals surface area contributed by atoms with E-state index < -0.39 is 12.1 Å². The predicted octanol–water partition coefficient (Wildman–Crippen LogP) is 2.17. The third-order valence-electron chi connectivity index (χ3n) is 1.97. The molecule has 4 nitrogen and oxygen atoms in total. The van der Waals surface area contributed by atoms with E-state index in [1.807, 2.05) is 0 Å². The second kappa shape index (κ2) is 6.02. The highest BCUT2D eigenvalue weighted by Crippen LogP contribution is 2.19. The first kappa shape index (κ1) is 14.0. The van der Waals surface area contributed by atoms with Gasteiger partial charge in [-0.1, -0.05) is 0 Å². The van der Waals surface area contributed by atoms with Gasteiger partial charge in [0, 0.05) is 11.3 Å². The van der Waals surface area contributed by atoms with E-state index in [1.54, 1.807) is 12.4 Å². The molecule has 0 spiro atoms. The number of rotatable bonds is 6. The second-order valence-electron chi connectivity index (χ2n) is 3.20. The van der Waals surface area contributed by atoms with Crippen molar-refractivity contribution in [3.8, 4) is 0 Å². The molecule has 0 aromatic carbocycles. The van der Waals surface area contributed by atoms with Crippen LogP contribution in [0.25, 0.3) is 0 Å². The van der Waals surface area contributed by atoms with Gasteiger partial charge in [-0.3, -0.25) is 0 Å². The molecule has 96 valence electrons. The van der Waals surface area contributed by atoms with Crippen molar-refractivity contribution in [1.82, 2.24) is 4.98 Å². The van der Waals surface area contributed by atoms with Gasteiger partial charge in [0.25, 0.3) is 0 Å². The number of esters is 1. The van der Waals surface area contributed by atoms with E-state index in [4.69, 9.17) is 0 Å². The van der Waals surface area contributed by atoms with Gasteiger partial charge in [0.05, 0.1) is 24.4 Å². The first-order valence-electron chi connectivity index (χ1n) is 5.05. The standard InChI is InChI=1S/C10H13F2NO3S/c1-3-15-9(14)10(11,12)16-5-4-8-7(2)13-6-17-8/h6H,3-5H2,1-2H3. The highest BCUT2D eigenvalue weighted by Gasteiger charge is 2.42. The second-order valence-corrected chi connectivity index (χ2v) is 4.14. The van der Waals surface area contributed by atoms with Crippen LogP contribution in [-0.2, 0) is 20.7 Å². The van der Waals surface area contributed by atoms with E-state index in [-0.39, 0.29) is 13.2 Å². The number of carbonyl (C=O) groups is 1. The first-order chi connectivity index (χ1) is 7.97. The minimum Gasteiger partial charge on any atom is -0.460 e. The molecule has 0 N–H and O–H groups in total. The topological polar surface area (TPSA) is 48.4 Å². The van der Waals surface area contributed by atoms with Crippen LogP contribution in [-0.4, -0.2) is 30.3 Å². The van der Waals surface area contributed by atoms with E-state index in [0.29, 0.717) is 6.42 Å². The van der Waals surface area contributed by atoms with Gasteiger partial charge in [0.15, 0.2) is 0 Å². The van der Waals surface area contributed by atoms with Gasteiger partial charge < -0.3 is 9.47 Å². The molecule has 0 aliphatic carbocycles. The summed E-state index contributed by atoms with van der Waals surface area (Å²) < 4.78 is 34.5. The first-order valence-corrected chi connectivity index (χ1v) is 5.93. The molecule has 0 fully saturated rings. The zero-order chi connectivity index (χ0) is 12.9. The van der Waals surface area contributed by atoms with Crippen LogP contribution in [0.15, 0.2) is 5.51 Å². The number of carbonyl (C=O) groups excluding carboxylic acids is 1. The molecular formula is C10H13F2NO3S. The number of nitrogens with zero attached hydrogens (tertiary/aromatic N) is 1. The zero-order valence-corrected chi connectivity index (χ0v) is 10.4. The van der Waals surface area contributed by atoms with Gasteiger partial charge in [-0.25, -0.2) is 9.78 Å². The van der Waals surface area contributed by atoms with Crippen molar-refractivity contribution in [2.24, 2.45) is 0 Å². The summed E-state index contributed by atoms with van der Waals surface area (Å²) in [6.07, 6.45) is -3.58. The summed E-state index contributed by atoms with van der Waals surface area (Å²) in [6.45, 7) is 2.88. The Balaban J connectivity index is 2.40. The summed E-state index contributed by atoms with van der Waals surface area (Å²) in [5.74, 6) is -1.65. The summed E-state index contributed by atoms with van der Waals surface area (Å²) in [5.41, 5.74) is 2.42. The van der Waals surface area contributed by atoms with E-state index in [9.17, 15) is 13.6 Å². The van der Waals surface area contributed by atoms with Gasteiger partial charge >= 0.3 is 12.1 Å². The number of ether oxygens (including phenoxy) is 2. The van der Waals surface area contributed by atoms with Gasteiger partial charge in [-0.05, 0) is 13.8 Å². The number of alkyl halides is 2. The van der Waals surface area contributed by atoms with Gasteiger partial charge in [-0.15, -0.1) is 11.3 Å². The lowest BCUT2D eigenvalue weighted by molar-refractivity contribution is -0.249. The Morgan fingerprint density at radius 2 is 2.29 bits per heavy atom. The molecule has 0 aliphatic rings. The van der Waals surface area contributed by atoms with E-state index in [2.05, 4.69) is 14.5 Å². The lowest BCUT2D eigenvalue weighted by Gasteiger charge is -2.14. The maximum Gasteiger partial charge on any atom is 0.456 e. The molecule has 0 aliphatic heterocycles. The molecule has 1 rings (SSSR count). The maximum absolute atomic E-state index is 13.0. The summed E-state index contributed by atoms with van der Waals surface area (Å²) in [6, 6.07) is 0. The number of halogens is 2. The van der Waals surface area contributed by atoms with Crippen molar-refractivity contribution in [1.29, 1.82) is 0 Å². The fourth-order valence-corrected chi connectivity index (χ4v) is 1.87. The van der Waals surface area contributed by atoms with Crippen LogP contribution in [0.2, 0.25) is 0 Å². The molecule has 17 heavy (non-hydrogen) atoms. The monoisotopic (exact) mass is 265 g/mol. The highest BCUT2D eigenvalue weighted by atomic mass is 32.1. The lowest BCUT2D eigenvalue weighted by Crippen LogP contribution is -2.34. The van der Waals surface area contributed by atoms with E-state index in [0.717, 1.165) is 10.6 Å². The van der Waals surface area contributed by atoms with E-state index >= 15 is 0 Å². The zero-order valence-electron chi connectivity index (χ0n) is 9.53. The Hall–Kier alpha value is -1.08. The molecule has 0 bridgehead atoms. The SMILES string of the molecule is CCOC(=O)C(F)(F)OCCc1scnc1C. The smallest absolute Gasteiger partial charge is 0.456 e. The maximum atomic E-state index is 13.0. The van der Waals surface area contributed by atoms with Crippen LogP contribution >= 0.6 is 11.3 Å². The lowest BCUT2D eigenvalue weighted by atomic mass is 10.3. The van der Waals surface area contributed by atoms with Gasteiger partial charge in [0.1, 0.15) is 0 Å². The molecule has 0 unspecified atom stereocenters. The fraction of sp³-hybridized carbons (Fsp3) is 0.600. The Morgan fingerprint density at radius 1 is 1.59 bits per heavy atom. The van der Waals surface area contributed by atoms with Crippen LogP contribution in [0.1, 0.15) is 17.5 Å². The summed E-state index contributed by atoms with van der Waals surface area (Å²) >= 11 is 1.37. The fourth-order valence-electron chi connectivity index (χ4n) is 1.11. The van der Waals surface area contributed by atoms with Gasteiger partial charge in [-0.2, -0.15) is 8.78 Å². The van der Waals surface area contributed by atoms with Crippen molar-refractivity contribution in [2.75, 3.05) is 13.2 Å². The number of hydrogen-bond acceptors (Lipinski definition) is 5. The quantitative estimate of drug-likeness (QED) is 0.740. The normalized spacial score (nSPS) is 11.5. The summed E-state index contributed by atoms with van der Waals surface area (Å²) in [4.78, 5) is 15.7. The summed E-state index contributed by atoms with van der Waals surface area (Å²) in [5, 5.41) is 0. The molecule has 0 atom stereocenters. The van der Waals surface area contributed by atoms with Crippen molar-refractivity contribution in [3.63, 3.8) is 0 Å². The van der Waals surface area contributed by atoms with Crippen LogP contribution in [0.4, 0.5) is 8.78 Å². The average Bonchev–Trinajstić information content (AvgIpc) is 2.65. The van der Waals surface area contributed by atoms with E-state index in [1.165, 1.54) is 18.3 Å². The molecule has 0 radical (unpaired) electrons. The van der Waals surface area contributed by atoms with Crippen LogP contribution < -0.4 is 0 Å². The van der Waals surface area contributed by atoms with Gasteiger partial charge in [0.2, 0.25) is 0 Å². The van der Waals surface area contributed by atoms with Crippen molar-refractivity contribution in [2.45, 2.75) is 26.4 Å². The Labute approximate surface area is 102 Å². The molecular weight excluding hydrogens is 252 g/mol. The molecule has 1 heterocycles. The number of hydrogen-bond donors (Lipinski definition) is 0. The largest absolute Gasteiger partial charge is 0.460 e. The van der Waals surface area contributed by atoms with Crippen molar-refractivity contribution in [3.05, 3.63) is 16.1 Å². The van der Waals surface area contributed by atoms with Crippen LogP contribution in [0.5, 0.6) is 0 Å². The molecule has 1 aromatic heterocycles. The molecule has 1 aromatic rings. The molecule has 0 amide bonds. The number of aryl methyl sites for hydroxylation is 1. The third kappa shape index (κ3) is 4.01. The Morgan fingerprint density at radius 3 is 2.82 bits per heavy atom. The molecule has 7 heteroatoms. The third-order valence-corrected chi connectivity index (χ3v) is 2.97. The Kier molecular flexibility index (Phi) is 4.95. The minimum atomic E-state index is -3.88. The number of thiazole rings is 1. The highest BCUT2D eigenvalue weighted by molar-refractivity contribution is 7.09.